The van der Waals surface area contributed by atoms with E-state index in [1.807, 2.05) is 6.92 Å². The summed E-state index contributed by atoms with van der Waals surface area (Å²) in [7, 11) is 0. The van der Waals surface area contributed by atoms with Crippen LogP contribution in [0.15, 0.2) is 0 Å². The van der Waals surface area contributed by atoms with Crippen molar-refractivity contribution in [3.63, 3.8) is 0 Å². The number of carbonyl (C=O) groups is 2. The molecule has 0 bridgehead atoms. The maximum absolute atomic E-state index is 12.0. The van der Waals surface area contributed by atoms with E-state index in [4.69, 9.17) is 15.9 Å². The Morgan fingerprint density at radius 2 is 1.65 bits per heavy atom. The van der Waals surface area contributed by atoms with E-state index in [0.717, 1.165) is 19.3 Å². The van der Waals surface area contributed by atoms with E-state index in [1.54, 1.807) is 0 Å². The molecule has 0 aromatic heterocycles. The van der Waals surface area contributed by atoms with Crippen LogP contribution in [0.5, 0.6) is 0 Å². The van der Waals surface area contributed by atoms with Gasteiger partial charge in [0, 0.05) is 0 Å². The Morgan fingerprint density at radius 3 is 2.26 bits per heavy atom. The van der Waals surface area contributed by atoms with E-state index >= 15 is 0 Å². The predicted molar refractivity (Wildman–Crippen MR) is 91.0 cm³/mol. The minimum atomic E-state index is -0.686. The van der Waals surface area contributed by atoms with Gasteiger partial charge in [0.2, 0.25) is 0 Å². The molecule has 1 N–H and O–H groups in total. The third-order valence-electron chi connectivity index (χ3n) is 3.43. The Morgan fingerprint density at radius 1 is 1.00 bits per heavy atom. The molecular formula is C18H31NO4. The normalized spacial score (nSPS) is 11.3. The molecule has 1 amide bonds. The van der Waals surface area contributed by atoms with Crippen LogP contribution >= 0.6 is 0 Å². The SMILES string of the molecule is C#CCOC(=O)NC(CCC)C(=O)OCCCCCCCCC. The second-order valence-corrected chi connectivity index (χ2v) is 5.55. The summed E-state index contributed by atoms with van der Waals surface area (Å²) in [6.07, 6.45) is 13.7. The molecule has 1 atom stereocenters. The third-order valence-corrected chi connectivity index (χ3v) is 3.43. The molecule has 0 aliphatic carbocycles. The van der Waals surface area contributed by atoms with Gasteiger partial charge in [0.25, 0.3) is 0 Å². The zero-order valence-corrected chi connectivity index (χ0v) is 14.6. The summed E-state index contributed by atoms with van der Waals surface area (Å²) in [5.41, 5.74) is 0. The van der Waals surface area contributed by atoms with Gasteiger partial charge < -0.3 is 14.8 Å². The van der Waals surface area contributed by atoms with Crippen molar-refractivity contribution in [2.45, 2.75) is 77.7 Å². The van der Waals surface area contributed by atoms with Crippen molar-refractivity contribution in [1.29, 1.82) is 0 Å². The van der Waals surface area contributed by atoms with Crippen LogP contribution in [0.1, 0.15) is 71.6 Å². The van der Waals surface area contributed by atoms with E-state index in [9.17, 15) is 9.59 Å². The van der Waals surface area contributed by atoms with Crippen molar-refractivity contribution in [3.05, 3.63) is 0 Å². The Labute approximate surface area is 140 Å². The van der Waals surface area contributed by atoms with Crippen LogP contribution in [0.25, 0.3) is 0 Å². The first-order valence-corrected chi connectivity index (χ1v) is 8.69. The van der Waals surface area contributed by atoms with E-state index < -0.39 is 18.1 Å². The summed E-state index contributed by atoms with van der Waals surface area (Å²) >= 11 is 0. The highest BCUT2D eigenvalue weighted by Gasteiger charge is 2.21. The molecular weight excluding hydrogens is 294 g/mol. The van der Waals surface area contributed by atoms with Gasteiger partial charge in [0.05, 0.1) is 6.61 Å². The van der Waals surface area contributed by atoms with Gasteiger partial charge in [-0.05, 0) is 12.8 Å². The van der Waals surface area contributed by atoms with Gasteiger partial charge >= 0.3 is 12.1 Å². The highest BCUT2D eigenvalue weighted by molar-refractivity contribution is 5.81. The van der Waals surface area contributed by atoms with Crippen molar-refractivity contribution in [2.75, 3.05) is 13.2 Å². The third kappa shape index (κ3) is 12.5. The second-order valence-electron chi connectivity index (χ2n) is 5.55. The van der Waals surface area contributed by atoms with E-state index in [0.29, 0.717) is 13.0 Å². The zero-order chi connectivity index (χ0) is 17.3. The van der Waals surface area contributed by atoms with Crippen LogP contribution in [0.4, 0.5) is 4.79 Å². The molecule has 5 heteroatoms. The van der Waals surface area contributed by atoms with Gasteiger partial charge in [-0.2, -0.15) is 0 Å². The fourth-order valence-electron chi connectivity index (χ4n) is 2.16. The zero-order valence-electron chi connectivity index (χ0n) is 14.6. The number of amides is 1. The summed E-state index contributed by atoms with van der Waals surface area (Å²) in [6, 6.07) is -0.671. The standard InChI is InChI=1S/C18H31NO4/c1-4-7-8-9-10-11-12-15-22-17(20)16(13-5-2)19-18(21)23-14-6-3/h3,16H,4-5,7-15H2,1-2H3,(H,19,21). The molecule has 0 saturated heterocycles. The van der Waals surface area contributed by atoms with Crippen molar-refractivity contribution in [3.8, 4) is 12.3 Å². The van der Waals surface area contributed by atoms with Crippen LogP contribution in [0.2, 0.25) is 0 Å². The molecule has 0 aliphatic heterocycles. The van der Waals surface area contributed by atoms with E-state index in [-0.39, 0.29) is 6.61 Å². The lowest BCUT2D eigenvalue weighted by atomic mass is 10.1. The van der Waals surface area contributed by atoms with Crippen LogP contribution in [-0.2, 0) is 14.3 Å². The number of esters is 1. The molecule has 0 saturated carbocycles. The number of ether oxygens (including phenoxy) is 2. The quantitative estimate of drug-likeness (QED) is 0.318. The van der Waals surface area contributed by atoms with Crippen LogP contribution < -0.4 is 5.32 Å². The van der Waals surface area contributed by atoms with E-state index in [1.165, 1.54) is 32.1 Å². The average Bonchev–Trinajstić information content (AvgIpc) is 2.54. The molecule has 0 heterocycles. The lowest BCUT2D eigenvalue weighted by Crippen LogP contribution is -2.42. The largest absolute Gasteiger partial charge is 0.464 e. The molecule has 0 spiro atoms. The number of nitrogens with one attached hydrogen (secondary N) is 1. The summed E-state index contributed by atoms with van der Waals surface area (Å²) < 4.78 is 9.95. The maximum atomic E-state index is 12.0. The Kier molecular flexibility index (Phi) is 14.1. The van der Waals surface area contributed by atoms with Crippen LogP contribution in [-0.4, -0.2) is 31.3 Å². The minimum absolute atomic E-state index is 0.113. The van der Waals surface area contributed by atoms with Gasteiger partial charge in [-0.15, -0.1) is 6.42 Å². The summed E-state index contributed by atoms with van der Waals surface area (Å²) in [5, 5.41) is 2.50. The van der Waals surface area contributed by atoms with Gasteiger partial charge in [-0.1, -0.05) is 64.7 Å². The Hall–Kier alpha value is -1.70. The molecule has 0 rings (SSSR count). The summed E-state index contributed by atoms with van der Waals surface area (Å²) in [6.45, 7) is 4.42. The smallest absolute Gasteiger partial charge is 0.408 e. The van der Waals surface area contributed by atoms with Crippen molar-refractivity contribution in [2.24, 2.45) is 0 Å². The van der Waals surface area contributed by atoms with Crippen molar-refractivity contribution < 1.29 is 19.1 Å². The first-order valence-electron chi connectivity index (χ1n) is 8.69. The summed E-state index contributed by atoms with van der Waals surface area (Å²) in [5.74, 6) is 1.79. The first-order chi connectivity index (χ1) is 11.2. The Balaban J connectivity index is 3.88. The van der Waals surface area contributed by atoms with Gasteiger partial charge in [-0.25, -0.2) is 9.59 Å². The lowest BCUT2D eigenvalue weighted by Gasteiger charge is -2.16. The van der Waals surface area contributed by atoms with Crippen LogP contribution in [0.3, 0.4) is 0 Å². The number of hydrogen-bond acceptors (Lipinski definition) is 4. The fourth-order valence-corrected chi connectivity index (χ4v) is 2.16. The highest BCUT2D eigenvalue weighted by atomic mass is 16.6. The molecule has 0 aromatic rings. The Bertz CT molecular complexity index is 363. The van der Waals surface area contributed by atoms with Crippen molar-refractivity contribution >= 4 is 12.1 Å². The molecule has 0 radical (unpaired) electrons. The number of carbonyl (C=O) groups excluding carboxylic acids is 2. The van der Waals surface area contributed by atoms with Gasteiger partial charge in [-0.3, -0.25) is 0 Å². The highest BCUT2D eigenvalue weighted by Crippen LogP contribution is 2.07. The molecule has 132 valence electrons. The number of unbranched alkanes of at least 4 members (excludes halogenated alkanes) is 6. The monoisotopic (exact) mass is 325 g/mol. The minimum Gasteiger partial charge on any atom is -0.464 e. The second kappa shape index (κ2) is 15.2. The maximum Gasteiger partial charge on any atom is 0.408 e. The topological polar surface area (TPSA) is 64.6 Å². The first kappa shape index (κ1) is 21.3. The summed E-state index contributed by atoms with van der Waals surface area (Å²) in [4.78, 5) is 23.4. The average molecular weight is 325 g/mol. The van der Waals surface area contributed by atoms with Crippen molar-refractivity contribution in [1.82, 2.24) is 5.32 Å². The molecule has 23 heavy (non-hydrogen) atoms. The predicted octanol–water partition coefficient (Wildman–Crippen LogP) is 3.81. The molecule has 0 fully saturated rings. The molecule has 1 unspecified atom stereocenters. The molecule has 0 aliphatic rings. The number of rotatable bonds is 13. The van der Waals surface area contributed by atoms with Gasteiger partial charge in [0.15, 0.2) is 6.61 Å². The van der Waals surface area contributed by atoms with Gasteiger partial charge in [0.1, 0.15) is 6.04 Å². The van der Waals surface area contributed by atoms with Crippen LogP contribution in [0, 0.1) is 12.3 Å². The number of alkyl carbamates (subject to hydrolysis) is 1. The molecule has 5 nitrogen and oxygen atoms in total. The molecule has 0 aromatic carbocycles. The number of terminal acetylenes is 1. The number of hydrogen-bond donors (Lipinski definition) is 1. The van der Waals surface area contributed by atoms with E-state index in [2.05, 4.69) is 18.2 Å². The lowest BCUT2D eigenvalue weighted by molar-refractivity contribution is -0.146. The fraction of sp³-hybridized carbons (Fsp3) is 0.778.